The van der Waals surface area contributed by atoms with E-state index in [4.69, 9.17) is 0 Å². The molecule has 0 rings (SSSR count). The summed E-state index contributed by atoms with van der Waals surface area (Å²) in [6.45, 7) is 1.54. The number of quaternary nitrogens is 1. The Kier molecular flexibility index (Phi) is 5.54. The molecule has 8 heavy (non-hydrogen) atoms. The quantitative estimate of drug-likeness (QED) is 0.570. The van der Waals surface area contributed by atoms with E-state index in [9.17, 15) is 9.46 Å². The minimum absolute atomic E-state index is 0. The smallest absolute Gasteiger partial charge is 0.134 e. The highest BCUT2D eigenvalue weighted by Crippen LogP contribution is 2.33. The lowest BCUT2D eigenvalue weighted by Crippen LogP contribution is -2.03. The van der Waals surface area contributed by atoms with E-state index in [1.54, 1.807) is 0 Å². The van der Waals surface area contributed by atoms with Gasteiger partial charge in [0.1, 0.15) is 7.60 Å². The van der Waals surface area contributed by atoms with E-state index in [0.717, 1.165) is 7.11 Å². The molecule has 4 nitrogen and oxygen atoms in total. The maximum Gasteiger partial charge on any atom is 0.134 e. The molecule has 52 valence electrons. The lowest BCUT2D eigenvalue weighted by atomic mass is 11.0. The van der Waals surface area contributed by atoms with Crippen LogP contribution in [0, 0.1) is 0 Å². The van der Waals surface area contributed by atoms with Crippen LogP contribution in [-0.4, -0.2) is 13.3 Å². The van der Waals surface area contributed by atoms with Crippen LogP contribution in [0.25, 0.3) is 0 Å². The van der Waals surface area contributed by atoms with Crippen LogP contribution in [0.2, 0.25) is 0 Å². The minimum Gasteiger partial charge on any atom is -0.779 e. The summed E-state index contributed by atoms with van der Waals surface area (Å²) in [5, 5.41) is 0. The molecule has 0 heterocycles. The van der Waals surface area contributed by atoms with Crippen LogP contribution in [0.3, 0.4) is 0 Å². The van der Waals surface area contributed by atoms with E-state index in [-0.39, 0.29) is 12.3 Å². The molecule has 0 aliphatic heterocycles. The Labute approximate surface area is 49.0 Å². The van der Waals surface area contributed by atoms with E-state index in [0.29, 0.717) is 0 Å². The van der Waals surface area contributed by atoms with Crippen molar-refractivity contribution < 1.29 is 14.0 Å². The summed E-state index contributed by atoms with van der Waals surface area (Å²) in [4.78, 5) is 10.2. The fraction of sp³-hybridized carbons (Fsp3) is 1.00. The van der Waals surface area contributed by atoms with Crippen LogP contribution in [-0.2, 0) is 9.09 Å². The molecular formula is C3H12NO3P. The third-order valence-electron chi connectivity index (χ3n) is 0.665. The van der Waals surface area contributed by atoms with Crippen LogP contribution in [0.4, 0.5) is 0 Å². The summed E-state index contributed by atoms with van der Waals surface area (Å²) in [7, 11) is -2.24. The molecule has 0 spiro atoms. The molecular weight excluding hydrogens is 129 g/mol. The predicted molar refractivity (Wildman–Crippen MR) is 31.1 cm³/mol. The fourth-order valence-electron chi connectivity index (χ4n) is 0.129. The maximum absolute atomic E-state index is 10.2. The molecule has 4 N–H and O–H groups in total. The average Bonchev–Trinajstić information content (AvgIpc) is 1.68. The van der Waals surface area contributed by atoms with Gasteiger partial charge in [0.05, 0.1) is 0 Å². The van der Waals surface area contributed by atoms with Gasteiger partial charge in [0.25, 0.3) is 0 Å². The van der Waals surface area contributed by atoms with E-state index >= 15 is 0 Å². The molecule has 0 aromatic carbocycles. The predicted octanol–water partition coefficient (Wildman–Crippen LogP) is 0.582. The largest absolute Gasteiger partial charge is 0.779 e. The van der Waals surface area contributed by atoms with E-state index in [2.05, 4.69) is 4.52 Å². The van der Waals surface area contributed by atoms with Gasteiger partial charge in [-0.25, -0.2) is 0 Å². The van der Waals surface area contributed by atoms with Crippen molar-refractivity contribution in [1.82, 2.24) is 6.15 Å². The Morgan fingerprint density at radius 2 is 2.12 bits per heavy atom. The van der Waals surface area contributed by atoms with Gasteiger partial charge in [0.15, 0.2) is 0 Å². The molecule has 0 saturated carbocycles. The first-order valence-corrected chi connectivity index (χ1v) is 3.71. The van der Waals surface area contributed by atoms with Crippen molar-refractivity contribution in [2.75, 3.05) is 13.3 Å². The maximum atomic E-state index is 10.2. The molecule has 0 aromatic heterocycles. The van der Waals surface area contributed by atoms with Gasteiger partial charge in [0.2, 0.25) is 0 Å². The molecule has 0 fully saturated rings. The van der Waals surface area contributed by atoms with Gasteiger partial charge in [-0.15, -0.1) is 0 Å². The highest BCUT2D eigenvalue weighted by Gasteiger charge is 1.97. The van der Waals surface area contributed by atoms with Crippen LogP contribution < -0.4 is 11.0 Å². The van der Waals surface area contributed by atoms with Crippen molar-refractivity contribution in [2.24, 2.45) is 0 Å². The summed E-state index contributed by atoms with van der Waals surface area (Å²) < 4.78 is 14.3. The van der Waals surface area contributed by atoms with Crippen molar-refractivity contribution in [3.8, 4) is 0 Å². The van der Waals surface area contributed by atoms with Gasteiger partial charge < -0.3 is 20.1 Å². The van der Waals surface area contributed by atoms with Gasteiger partial charge in [-0.1, -0.05) is 6.92 Å². The molecule has 0 aliphatic rings. The Morgan fingerprint density at radius 3 is 2.12 bits per heavy atom. The molecule has 0 amide bonds. The summed E-state index contributed by atoms with van der Waals surface area (Å²) in [6.07, 6.45) is 0.0729. The highest BCUT2D eigenvalue weighted by atomic mass is 31.2. The zero-order valence-electron chi connectivity index (χ0n) is 5.38. The van der Waals surface area contributed by atoms with Gasteiger partial charge in [-0.05, 0) is 0 Å². The Morgan fingerprint density at radius 1 is 1.75 bits per heavy atom. The lowest BCUT2D eigenvalue weighted by molar-refractivity contribution is -0.195. The molecule has 0 aliphatic carbocycles. The second-order valence-electron chi connectivity index (χ2n) is 1.11. The molecule has 0 saturated heterocycles. The van der Waals surface area contributed by atoms with Crippen molar-refractivity contribution in [1.29, 1.82) is 0 Å². The topological polar surface area (TPSA) is 85.9 Å². The third-order valence-corrected chi connectivity index (χ3v) is 2.00. The normalized spacial score (nSPS) is 16.4. The standard InChI is InChI=1S/C3H9O3P.H3N/c1-3-7(4,5)6-2;/h3H2,1-2H3,(H,4,5);1H3. The van der Waals surface area contributed by atoms with Gasteiger partial charge in [-0.2, -0.15) is 0 Å². The summed E-state index contributed by atoms with van der Waals surface area (Å²) >= 11 is 0. The zero-order valence-corrected chi connectivity index (χ0v) is 6.27. The minimum atomic E-state index is -3.40. The van der Waals surface area contributed by atoms with Crippen LogP contribution in [0.15, 0.2) is 0 Å². The van der Waals surface area contributed by atoms with Crippen LogP contribution in [0.1, 0.15) is 6.92 Å². The van der Waals surface area contributed by atoms with E-state index in [1.165, 1.54) is 6.92 Å². The number of rotatable bonds is 2. The van der Waals surface area contributed by atoms with Gasteiger partial charge in [-0.3, -0.25) is 0 Å². The molecule has 5 heteroatoms. The molecule has 1 unspecified atom stereocenters. The first kappa shape index (κ1) is 11.0. The SMILES string of the molecule is CCP(=O)([O-])OC.[NH4+]. The van der Waals surface area contributed by atoms with E-state index in [1.807, 2.05) is 0 Å². The Bertz CT molecular complexity index is 86.5. The van der Waals surface area contributed by atoms with Crippen molar-refractivity contribution in [3.63, 3.8) is 0 Å². The fourth-order valence-corrected chi connectivity index (χ4v) is 0.387. The summed E-state index contributed by atoms with van der Waals surface area (Å²) in [5.74, 6) is 0. The number of hydrogen-bond acceptors (Lipinski definition) is 3. The van der Waals surface area contributed by atoms with Crippen molar-refractivity contribution >= 4 is 7.60 Å². The highest BCUT2D eigenvalue weighted by molar-refractivity contribution is 7.51. The first-order chi connectivity index (χ1) is 3.12. The summed E-state index contributed by atoms with van der Waals surface area (Å²) in [5.41, 5.74) is 0. The lowest BCUT2D eigenvalue weighted by Gasteiger charge is -2.17. The third kappa shape index (κ3) is 4.27. The monoisotopic (exact) mass is 141 g/mol. The number of hydrogen-bond donors (Lipinski definition) is 1. The van der Waals surface area contributed by atoms with Crippen LogP contribution >= 0.6 is 7.60 Å². The molecule has 0 bridgehead atoms. The summed E-state index contributed by atoms with van der Waals surface area (Å²) in [6, 6.07) is 0. The van der Waals surface area contributed by atoms with Crippen molar-refractivity contribution in [2.45, 2.75) is 6.92 Å². The van der Waals surface area contributed by atoms with Crippen molar-refractivity contribution in [3.05, 3.63) is 0 Å². The van der Waals surface area contributed by atoms with Gasteiger partial charge in [0, 0.05) is 13.3 Å². The average molecular weight is 141 g/mol. The van der Waals surface area contributed by atoms with Gasteiger partial charge >= 0.3 is 0 Å². The van der Waals surface area contributed by atoms with Crippen LogP contribution in [0.5, 0.6) is 0 Å². The first-order valence-electron chi connectivity index (χ1n) is 1.98. The molecule has 0 aromatic rings. The second kappa shape index (κ2) is 4.04. The molecule has 1 atom stereocenters. The zero-order chi connectivity index (χ0) is 5.91. The second-order valence-corrected chi connectivity index (χ2v) is 3.33. The Hall–Kier alpha value is 0.110. The molecule has 0 radical (unpaired) electrons. The Balaban J connectivity index is 0. The van der Waals surface area contributed by atoms with E-state index < -0.39 is 7.60 Å².